The summed E-state index contributed by atoms with van der Waals surface area (Å²) in [6.45, 7) is 3.18. The van der Waals surface area contributed by atoms with Crippen molar-refractivity contribution in [3.63, 3.8) is 0 Å². The summed E-state index contributed by atoms with van der Waals surface area (Å²) < 4.78 is 18.7. The minimum atomic E-state index is -0.307. The molecule has 0 aliphatic heterocycles. The van der Waals surface area contributed by atoms with Crippen molar-refractivity contribution in [2.24, 2.45) is 5.73 Å². The molecule has 2 N–H and O–H groups in total. The average Bonchev–Trinajstić information content (AvgIpc) is 2.23. The molecule has 90 valence electrons. The molecule has 1 rings (SSSR count). The smallest absolute Gasteiger partial charge is 0.127 e. The second-order valence-electron chi connectivity index (χ2n) is 3.77. The molecule has 0 saturated heterocycles. The molecule has 1 atom stereocenters. The Labute approximate surface area is 101 Å². The number of benzene rings is 1. The van der Waals surface area contributed by atoms with Gasteiger partial charge in [-0.15, -0.1) is 0 Å². The van der Waals surface area contributed by atoms with Gasteiger partial charge < -0.3 is 10.5 Å². The maximum absolute atomic E-state index is 13.4. The third kappa shape index (κ3) is 4.47. The Kier molecular flexibility index (Phi) is 5.74. The second-order valence-corrected chi connectivity index (χ2v) is 4.21. The Morgan fingerprint density at radius 2 is 2.25 bits per heavy atom. The van der Waals surface area contributed by atoms with E-state index in [0.29, 0.717) is 30.2 Å². The van der Waals surface area contributed by atoms with E-state index in [0.717, 1.165) is 6.42 Å². The van der Waals surface area contributed by atoms with Crippen molar-refractivity contribution in [1.29, 1.82) is 0 Å². The third-order valence-corrected chi connectivity index (χ3v) is 2.41. The number of hydrogen-bond acceptors (Lipinski definition) is 2. The Morgan fingerprint density at radius 3 is 2.88 bits per heavy atom. The molecule has 0 spiro atoms. The number of nitrogens with two attached hydrogens (primary N) is 1. The standard InChI is InChI=1S/C12H17ClFNO/c1-2-5-16-8-11(15)6-9-3-4-10(13)7-12(9)14/h3-4,7,11H,2,5-6,8,15H2,1H3. The van der Waals surface area contributed by atoms with E-state index in [1.165, 1.54) is 6.07 Å². The molecule has 1 aromatic rings. The number of rotatable bonds is 6. The van der Waals surface area contributed by atoms with Crippen molar-refractivity contribution in [3.8, 4) is 0 Å². The zero-order chi connectivity index (χ0) is 12.0. The minimum absolute atomic E-state index is 0.178. The van der Waals surface area contributed by atoms with Gasteiger partial charge in [-0.1, -0.05) is 24.6 Å². The molecule has 1 unspecified atom stereocenters. The summed E-state index contributed by atoms with van der Waals surface area (Å²) in [5, 5.41) is 0.400. The van der Waals surface area contributed by atoms with Crippen LogP contribution in [0.2, 0.25) is 5.02 Å². The van der Waals surface area contributed by atoms with E-state index in [2.05, 4.69) is 0 Å². The van der Waals surface area contributed by atoms with Gasteiger partial charge >= 0.3 is 0 Å². The van der Waals surface area contributed by atoms with Crippen LogP contribution in [0.5, 0.6) is 0 Å². The van der Waals surface area contributed by atoms with Crippen LogP contribution in [0.3, 0.4) is 0 Å². The van der Waals surface area contributed by atoms with Gasteiger partial charge in [0, 0.05) is 17.7 Å². The Balaban J connectivity index is 2.46. The van der Waals surface area contributed by atoms with Gasteiger partial charge in [0.25, 0.3) is 0 Å². The number of hydrogen-bond donors (Lipinski definition) is 1. The lowest BCUT2D eigenvalue weighted by Crippen LogP contribution is -2.29. The molecule has 1 aromatic carbocycles. The highest BCUT2D eigenvalue weighted by Gasteiger charge is 2.08. The van der Waals surface area contributed by atoms with Crippen LogP contribution in [0.1, 0.15) is 18.9 Å². The van der Waals surface area contributed by atoms with Gasteiger partial charge in [0.2, 0.25) is 0 Å². The highest BCUT2D eigenvalue weighted by molar-refractivity contribution is 6.30. The summed E-state index contributed by atoms with van der Waals surface area (Å²) in [6, 6.07) is 4.45. The summed E-state index contributed by atoms with van der Waals surface area (Å²) in [5.74, 6) is -0.307. The fourth-order valence-corrected chi connectivity index (χ4v) is 1.57. The van der Waals surface area contributed by atoms with Gasteiger partial charge in [0.1, 0.15) is 5.82 Å². The summed E-state index contributed by atoms with van der Waals surface area (Å²) in [7, 11) is 0. The van der Waals surface area contributed by atoms with E-state index in [4.69, 9.17) is 22.1 Å². The quantitative estimate of drug-likeness (QED) is 0.783. The molecule has 0 aliphatic carbocycles. The van der Waals surface area contributed by atoms with Crippen LogP contribution in [0, 0.1) is 5.82 Å². The van der Waals surface area contributed by atoms with Gasteiger partial charge in [0.05, 0.1) is 6.61 Å². The van der Waals surface area contributed by atoms with Gasteiger partial charge in [-0.3, -0.25) is 0 Å². The fourth-order valence-electron chi connectivity index (χ4n) is 1.41. The SMILES string of the molecule is CCCOCC(N)Cc1ccc(Cl)cc1F. The maximum Gasteiger partial charge on any atom is 0.127 e. The van der Waals surface area contributed by atoms with Crippen LogP contribution in [0.25, 0.3) is 0 Å². The fraction of sp³-hybridized carbons (Fsp3) is 0.500. The first-order chi connectivity index (χ1) is 7.63. The highest BCUT2D eigenvalue weighted by Crippen LogP contribution is 2.15. The van der Waals surface area contributed by atoms with E-state index in [1.54, 1.807) is 12.1 Å². The molecule has 0 fully saturated rings. The first-order valence-electron chi connectivity index (χ1n) is 5.40. The van der Waals surface area contributed by atoms with E-state index in [1.807, 2.05) is 6.92 Å². The summed E-state index contributed by atoms with van der Waals surface area (Å²) >= 11 is 5.66. The normalized spacial score (nSPS) is 12.8. The number of ether oxygens (including phenoxy) is 1. The largest absolute Gasteiger partial charge is 0.380 e. The molecule has 0 aromatic heterocycles. The van der Waals surface area contributed by atoms with Crippen molar-refractivity contribution in [1.82, 2.24) is 0 Å². The molecule has 4 heteroatoms. The molecular weight excluding hydrogens is 229 g/mol. The lowest BCUT2D eigenvalue weighted by molar-refractivity contribution is 0.121. The summed E-state index contributed by atoms with van der Waals surface area (Å²) in [5.41, 5.74) is 6.41. The average molecular weight is 246 g/mol. The second kappa shape index (κ2) is 6.84. The van der Waals surface area contributed by atoms with E-state index < -0.39 is 0 Å². The molecule has 0 saturated carbocycles. The topological polar surface area (TPSA) is 35.2 Å². The Bertz CT molecular complexity index is 333. The van der Waals surface area contributed by atoms with Crippen LogP contribution < -0.4 is 5.73 Å². The van der Waals surface area contributed by atoms with Crippen molar-refractivity contribution in [2.45, 2.75) is 25.8 Å². The molecule has 0 heterocycles. The third-order valence-electron chi connectivity index (χ3n) is 2.18. The first kappa shape index (κ1) is 13.4. The van der Waals surface area contributed by atoms with Crippen LogP contribution in [0.4, 0.5) is 4.39 Å². The molecule has 0 amide bonds. The molecule has 0 radical (unpaired) electrons. The molecule has 0 bridgehead atoms. The predicted molar refractivity (Wildman–Crippen MR) is 64.2 cm³/mol. The molecule has 2 nitrogen and oxygen atoms in total. The maximum atomic E-state index is 13.4. The number of halogens is 2. The summed E-state index contributed by atoms with van der Waals surface area (Å²) in [6.07, 6.45) is 1.43. The molecule has 16 heavy (non-hydrogen) atoms. The Hall–Kier alpha value is -0.640. The van der Waals surface area contributed by atoms with Gasteiger partial charge in [-0.2, -0.15) is 0 Å². The van der Waals surface area contributed by atoms with Crippen LogP contribution in [-0.2, 0) is 11.2 Å². The van der Waals surface area contributed by atoms with Gasteiger partial charge in [0.15, 0.2) is 0 Å². The Morgan fingerprint density at radius 1 is 1.50 bits per heavy atom. The highest BCUT2D eigenvalue weighted by atomic mass is 35.5. The monoisotopic (exact) mass is 245 g/mol. The van der Waals surface area contributed by atoms with Crippen LogP contribution in [-0.4, -0.2) is 19.3 Å². The van der Waals surface area contributed by atoms with E-state index in [9.17, 15) is 4.39 Å². The van der Waals surface area contributed by atoms with E-state index in [-0.39, 0.29) is 11.9 Å². The van der Waals surface area contributed by atoms with Crippen LogP contribution >= 0.6 is 11.6 Å². The summed E-state index contributed by atoms with van der Waals surface area (Å²) in [4.78, 5) is 0. The minimum Gasteiger partial charge on any atom is -0.380 e. The lowest BCUT2D eigenvalue weighted by atomic mass is 10.1. The van der Waals surface area contributed by atoms with Crippen molar-refractivity contribution in [2.75, 3.05) is 13.2 Å². The molecular formula is C12H17ClFNO. The van der Waals surface area contributed by atoms with Gasteiger partial charge in [-0.05, 0) is 30.5 Å². The van der Waals surface area contributed by atoms with Gasteiger partial charge in [-0.25, -0.2) is 4.39 Å². The van der Waals surface area contributed by atoms with E-state index >= 15 is 0 Å². The lowest BCUT2D eigenvalue weighted by Gasteiger charge is -2.12. The zero-order valence-electron chi connectivity index (χ0n) is 9.38. The zero-order valence-corrected chi connectivity index (χ0v) is 10.1. The first-order valence-corrected chi connectivity index (χ1v) is 5.78. The van der Waals surface area contributed by atoms with Crippen molar-refractivity contribution in [3.05, 3.63) is 34.6 Å². The molecule has 0 aliphatic rings. The van der Waals surface area contributed by atoms with Crippen LogP contribution in [0.15, 0.2) is 18.2 Å². The van der Waals surface area contributed by atoms with Crippen molar-refractivity contribution >= 4 is 11.6 Å². The van der Waals surface area contributed by atoms with Crippen molar-refractivity contribution < 1.29 is 9.13 Å². The predicted octanol–water partition coefficient (Wildman–Crippen LogP) is 2.78.